The van der Waals surface area contributed by atoms with Gasteiger partial charge < -0.3 is 14.6 Å². The van der Waals surface area contributed by atoms with Crippen LogP contribution < -0.4 is 0 Å². The summed E-state index contributed by atoms with van der Waals surface area (Å²) < 4.78 is 9.83. The normalized spacial score (nSPS) is 33.6. The van der Waals surface area contributed by atoms with Gasteiger partial charge in [-0.2, -0.15) is 0 Å². The van der Waals surface area contributed by atoms with Gasteiger partial charge in [0, 0.05) is 6.42 Å². The van der Waals surface area contributed by atoms with Crippen LogP contribution in [0, 0.1) is 17.8 Å². The lowest BCUT2D eigenvalue weighted by Gasteiger charge is -2.41. The number of ether oxygens (including phenoxy) is 2. The summed E-state index contributed by atoms with van der Waals surface area (Å²) in [7, 11) is 0. The number of Topliss-reactive ketones (excluding diaryl/α,β-unsaturated/α-hetero) is 1. The Balaban J connectivity index is 3.05. The molecule has 0 saturated heterocycles. The van der Waals surface area contributed by atoms with Crippen LogP contribution in [0.25, 0.3) is 0 Å². The average Bonchev–Trinajstić information content (AvgIpc) is 2.27. The molecule has 6 nitrogen and oxygen atoms in total. The van der Waals surface area contributed by atoms with Crippen molar-refractivity contribution in [2.45, 2.75) is 39.7 Å². The lowest BCUT2D eigenvalue weighted by molar-refractivity contribution is -0.176. The largest absolute Gasteiger partial charge is 0.466 e. The van der Waals surface area contributed by atoms with Crippen LogP contribution in [0.5, 0.6) is 0 Å². The van der Waals surface area contributed by atoms with E-state index in [4.69, 9.17) is 9.47 Å². The molecule has 1 aliphatic carbocycles. The third kappa shape index (κ3) is 3.17. The van der Waals surface area contributed by atoms with Crippen molar-refractivity contribution in [2.75, 3.05) is 13.2 Å². The number of aliphatic hydroxyl groups is 1. The molecule has 114 valence electrons. The maximum atomic E-state index is 12.0. The van der Waals surface area contributed by atoms with Gasteiger partial charge in [0.25, 0.3) is 0 Å². The van der Waals surface area contributed by atoms with Crippen LogP contribution in [0.1, 0.15) is 34.1 Å². The molecule has 0 radical (unpaired) electrons. The van der Waals surface area contributed by atoms with Gasteiger partial charge in [0.05, 0.1) is 24.7 Å². The molecule has 0 aliphatic heterocycles. The van der Waals surface area contributed by atoms with Crippen molar-refractivity contribution >= 4 is 17.7 Å². The molecule has 0 aromatic carbocycles. The van der Waals surface area contributed by atoms with E-state index in [0.717, 1.165) is 0 Å². The average molecular weight is 286 g/mol. The fraction of sp³-hybridized carbons (Fsp3) is 0.786. The minimum Gasteiger partial charge on any atom is -0.466 e. The van der Waals surface area contributed by atoms with Crippen LogP contribution in [-0.4, -0.2) is 41.6 Å². The molecular formula is C14H22O6. The van der Waals surface area contributed by atoms with E-state index in [2.05, 4.69) is 0 Å². The highest BCUT2D eigenvalue weighted by Gasteiger charge is 2.54. The minimum atomic E-state index is -1.51. The molecule has 0 bridgehead atoms. The number of carbonyl (C=O) groups is 3. The zero-order valence-electron chi connectivity index (χ0n) is 12.3. The Bertz CT molecular complexity index is 400. The van der Waals surface area contributed by atoms with Gasteiger partial charge in [-0.1, -0.05) is 6.92 Å². The molecule has 4 atom stereocenters. The molecule has 0 aromatic heterocycles. The predicted molar refractivity (Wildman–Crippen MR) is 69.7 cm³/mol. The van der Waals surface area contributed by atoms with Crippen molar-refractivity contribution in [2.24, 2.45) is 17.8 Å². The van der Waals surface area contributed by atoms with Gasteiger partial charge in [-0.15, -0.1) is 0 Å². The van der Waals surface area contributed by atoms with Crippen LogP contribution in [0.4, 0.5) is 0 Å². The molecule has 1 aliphatic rings. The molecule has 1 saturated carbocycles. The van der Waals surface area contributed by atoms with Gasteiger partial charge in [0.15, 0.2) is 0 Å². The number of ketones is 1. The van der Waals surface area contributed by atoms with E-state index in [0.29, 0.717) is 0 Å². The van der Waals surface area contributed by atoms with Crippen LogP contribution in [-0.2, 0) is 23.9 Å². The van der Waals surface area contributed by atoms with E-state index < -0.39 is 41.1 Å². The first kappa shape index (κ1) is 16.6. The second-order valence-electron chi connectivity index (χ2n) is 5.32. The number of esters is 2. The topological polar surface area (TPSA) is 89.9 Å². The van der Waals surface area contributed by atoms with Crippen molar-refractivity contribution in [3.8, 4) is 0 Å². The third-order valence-corrected chi connectivity index (χ3v) is 3.68. The molecule has 6 heteroatoms. The Morgan fingerprint density at radius 3 is 2.25 bits per heavy atom. The first-order valence-electron chi connectivity index (χ1n) is 6.84. The van der Waals surface area contributed by atoms with Gasteiger partial charge in [-0.05, 0) is 26.7 Å². The highest BCUT2D eigenvalue weighted by Crippen LogP contribution is 2.40. The molecule has 0 spiro atoms. The van der Waals surface area contributed by atoms with Gasteiger partial charge in [0.1, 0.15) is 11.7 Å². The molecule has 1 fully saturated rings. The van der Waals surface area contributed by atoms with E-state index in [1.165, 1.54) is 6.92 Å². The first-order chi connectivity index (χ1) is 9.26. The molecule has 0 amide bonds. The smallest absolute Gasteiger partial charge is 0.316 e. The molecule has 1 rings (SSSR count). The number of hydrogen-bond acceptors (Lipinski definition) is 6. The second kappa shape index (κ2) is 6.35. The number of hydrogen-bond donors (Lipinski definition) is 1. The molecule has 20 heavy (non-hydrogen) atoms. The highest BCUT2D eigenvalue weighted by atomic mass is 16.5. The molecule has 0 heterocycles. The Labute approximate surface area is 118 Å². The quantitative estimate of drug-likeness (QED) is 0.604. The van der Waals surface area contributed by atoms with E-state index in [1.807, 2.05) is 0 Å². The van der Waals surface area contributed by atoms with Crippen LogP contribution in [0.3, 0.4) is 0 Å². The van der Waals surface area contributed by atoms with E-state index in [-0.39, 0.29) is 19.6 Å². The van der Waals surface area contributed by atoms with Gasteiger partial charge >= 0.3 is 11.9 Å². The maximum Gasteiger partial charge on any atom is 0.316 e. The van der Waals surface area contributed by atoms with Crippen LogP contribution >= 0.6 is 0 Å². The summed E-state index contributed by atoms with van der Waals surface area (Å²) in [5, 5.41) is 10.3. The molecule has 1 N–H and O–H groups in total. The number of rotatable bonds is 4. The molecule has 4 unspecified atom stereocenters. The highest BCUT2D eigenvalue weighted by molar-refractivity contribution is 6.01. The summed E-state index contributed by atoms with van der Waals surface area (Å²) in [5.74, 6) is -4.24. The van der Waals surface area contributed by atoms with Crippen LogP contribution in [0.2, 0.25) is 0 Å². The Morgan fingerprint density at radius 2 is 1.75 bits per heavy atom. The Hall–Kier alpha value is -1.43. The standard InChI is InChI=1S/C14H22O6/c1-5-19-12(16)10-8(3)11(13(17)20-6-2)14(4,18)7-9(10)15/h8,10-11,18H,5-7H2,1-4H3. The zero-order valence-corrected chi connectivity index (χ0v) is 12.3. The molecular weight excluding hydrogens is 264 g/mol. The summed E-state index contributed by atoms with van der Waals surface area (Å²) in [6, 6.07) is 0. The third-order valence-electron chi connectivity index (χ3n) is 3.68. The van der Waals surface area contributed by atoms with Crippen molar-refractivity contribution in [3.63, 3.8) is 0 Å². The monoisotopic (exact) mass is 286 g/mol. The summed E-state index contributed by atoms with van der Waals surface area (Å²) in [5.41, 5.74) is -1.51. The van der Waals surface area contributed by atoms with E-state index >= 15 is 0 Å². The van der Waals surface area contributed by atoms with Gasteiger partial charge in [0.2, 0.25) is 0 Å². The van der Waals surface area contributed by atoms with E-state index in [9.17, 15) is 19.5 Å². The van der Waals surface area contributed by atoms with Crippen LogP contribution in [0.15, 0.2) is 0 Å². The summed E-state index contributed by atoms with van der Waals surface area (Å²) >= 11 is 0. The summed E-state index contributed by atoms with van der Waals surface area (Å²) in [4.78, 5) is 35.9. The maximum absolute atomic E-state index is 12.0. The van der Waals surface area contributed by atoms with Crippen molar-refractivity contribution in [3.05, 3.63) is 0 Å². The number of carbonyl (C=O) groups excluding carboxylic acids is 3. The fourth-order valence-corrected chi connectivity index (χ4v) is 2.90. The lowest BCUT2D eigenvalue weighted by Crippen LogP contribution is -2.55. The van der Waals surface area contributed by atoms with Gasteiger partial charge in [-0.25, -0.2) is 0 Å². The summed E-state index contributed by atoms with van der Waals surface area (Å²) in [6.07, 6.45) is -0.260. The second-order valence-corrected chi connectivity index (χ2v) is 5.32. The zero-order chi connectivity index (χ0) is 15.5. The van der Waals surface area contributed by atoms with E-state index in [1.54, 1.807) is 20.8 Å². The Kier molecular flexibility index (Phi) is 5.28. The SMILES string of the molecule is CCOC(=O)C1C(=O)CC(C)(O)C(C(=O)OCC)C1C. The van der Waals surface area contributed by atoms with Crippen molar-refractivity contribution < 1.29 is 29.0 Å². The predicted octanol–water partition coefficient (Wildman–Crippen LogP) is 0.705. The molecule has 0 aromatic rings. The first-order valence-corrected chi connectivity index (χ1v) is 6.84. The summed E-state index contributed by atoms with van der Waals surface area (Å²) in [6.45, 7) is 6.66. The Morgan fingerprint density at radius 1 is 1.25 bits per heavy atom. The fourth-order valence-electron chi connectivity index (χ4n) is 2.90. The van der Waals surface area contributed by atoms with Crippen molar-refractivity contribution in [1.29, 1.82) is 0 Å². The lowest BCUT2D eigenvalue weighted by atomic mass is 9.64. The van der Waals surface area contributed by atoms with Crippen molar-refractivity contribution in [1.82, 2.24) is 0 Å². The minimum absolute atomic E-state index is 0.162. The van der Waals surface area contributed by atoms with Gasteiger partial charge in [-0.3, -0.25) is 14.4 Å².